The van der Waals surface area contributed by atoms with Crippen LogP contribution in [0.4, 0.5) is 0 Å². The molecule has 0 aromatic heterocycles. The minimum atomic E-state index is -0.336. The van der Waals surface area contributed by atoms with Crippen LogP contribution in [-0.2, 0) is 10.3 Å². The van der Waals surface area contributed by atoms with Crippen LogP contribution in [0.15, 0.2) is 48.5 Å². The summed E-state index contributed by atoms with van der Waals surface area (Å²) in [6.07, 6.45) is 2.06. The van der Waals surface area contributed by atoms with Crippen molar-refractivity contribution in [3.63, 3.8) is 0 Å². The van der Waals surface area contributed by atoms with Gasteiger partial charge in [-0.25, -0.2) is 0 Å². The first-order valence-electron chi connectivity index (χ1n) is 9.44. The molecule has 0 spiro atoms. The largest absolute Gasteiger partial charge is 0.347 e. The number of hydrogen-bond donors (Lipinski definition) is 1. The standard InChI is InChI=1S/C22H24Cl2N2O2.ClH/c1-16(27)25-22(18-5-3-2-4-6-18)10-13-26(14-11-22)12-9-21(28)17-7-8-19(23)20(24)15-17;/h2-8,15H,9-14H2,1H3,(H,25,27);1H. The topological polar surface area (TPSA) is 49.4 Å². The second kappa shape index (κ2) is 10.4. The van der Waals surface area contributed by atoms with Crippen LogP contribution < -0.4 is 5.32 Å². The number of rotatable bonds is 6. The van der Waals surface area contributed by atoms with E-state index in [0.29, 0.717) is 28.6 Å². The Bertz CT molecular complexity index is 850. The molecular formula is C22H25Cl3N2O2. The van der Waals surface area contributed by atoms with Crippen LogP contribution in [0.1, 0.15) is 42.1 Å². The normalized spacial score (nSPS) is 16.0. The molecule has 1 aliphatic heterocycles. The number of halogens is 3. The van der Waals surface area contributed by atoms with E-state index in [1.807, 2.05) is 18.2 Å². The fraction of sp³-hybridized carbons (Fsp3) is 0.364. The molecule has 2 aromatic carbocycles. The van der Waals surface area contributed by atoms with Gasteiger partial charge in [-0.15, -0.1) is 12.4 Å². The van der Waals surface area contributed by atoms with E-state index in [4.69, 9.17) is 23.2 Å². The van der Waals surface area contributed by atoms with Gasteiger partial charge in [0.25, 0.3) is 0 Å². The number of carbonyl (C=O) groups excluding carboxylic acids is 2. The van der Waals surface area contributed by atoms with Gasteiger partial charge in [-0.1, -0.05) is 53.5 Å². The molecule has 0 atom stereocenters. The lowest BCUT2D eigenvalue weighted by Gasteiger charge is -2.42. The molecule has 1 aliphatic rings. The van der Waals surface area contributed by atoms with Gasteiger partial charge in [-0.2, -0.15) is 0 Å². The van der Waals surface area contributed by atoms with Crippen LogP contribution in [0.3, 0.4) is 0 Å². The summed E-state index contributed by atoms with van der Waals surface area (Å²) in [5.74, 6) is 0.0346. The zero-order valence-corrected chi connectivity index (χ0v) is 18.6. The number of carbonyl (C=O) groups is 2. The summed E-state index contributed by atoms with van der Waals surface area (Å²) in [5.41, 5.74) is 1.39. The third-order valence-electron chi connectivity index (χ3n) is 5.35. The van der Waals surface area contributed by atoms with Gasteiger partial charge in [0.15, 0.2) is 5.78 Å². The minimum absolute atomic E-state index is 0. The highest BCUT2D eigenvalue weighted by Gasteiger charge is 2.36. The Morgan fingerprint density at radius 1 is 1.03 bits per heavy atom. The predicted molar refractivity (Wildman–Crippen MR) is 120 cm³/mol. The third-order valence-corrected chi connectivity index (χ3v) is 6.09. The van der Waals surface area contributed by atoms with Crippen molar-refractivity contribution in [3.05, 3.63) is 69.7 Å². The van der Waals surface area contributed by atoms with Crippen molar-refractivity contribution in [1.82, 2.24) is 10.2 Å². The molecule has 1 amide bonds. The number of hydrogen-bond acceptors (Lipinski definition) is 3. The van der Waals surface area contributed by atoms with Crippen molar-refractivity contribution in [2.24, 2.45) is 0 Å². The maximum absolute atomic E-state index is 12.5. The fourth-order valence-corrected chi connectivity index (χ4v) is 4.11. The minimum Gasteiger partial charge on any atom is -0.347 e. The number of ketones is 1. The Labute approximate surface area is 188 Å². The number of Topliss-reactive ketones (excluding diaryl/α,β-unsaturated/α-hetero) is 1. The fourth-order valence-electron chi connectivity index (χ4n) is 3.81. The predicted octanol–water partition coefficient (Wildman–Crippen LogP) is 5.12. The van der Waals surface area contributed by atoms with E-state index in [1.165, 1.54) is 0 Å². The molecule has 0 saturated carbocycles. The lowest BCUT2D eigenvalue weighted by atomic mass is 9.80. The highest BCUT2D eigenvalue weighted by molar-refractivity contribution is 6.42. The van der Waals surface area contributed by atoms with Gasteiger partial charge in [-0.05, 0) is 36.6 Å². The monoisotopic (exact) mass is 454 g/mol. The zero-order chi connectivity index (χ0) is 20.1. The maximum atomic E-state index is 12.5. The molecule has 0 aliphatic carbocycles. The van der Waals surface area contributed by atoms with E-state index in [2.05, 4.69) is 22.3 Å². The molecule has 29 heavy (non-hydrogen) atoms. The first kappa shape index (κ1) is 23.7. The molecule has 0 unspecified atom stereocenters. The Morgan fingerprint density at radius 2 is 1.69 bits per heavy atom. The molecule has 1 saturated heterocycles. The SMILES string of the molecule is CC(=O)NC1(c2ccccc2)CCN(CCC(=O)c2ccc(Cl)c(Cl)c2)CC1.Cl. The van der Waals surface area contributed by atoms with Crippen molar-refractivity contribution >= 4 is 47.3 Å². The molecule has 4 nitrogen and oxygen atoms in total. The van der Waals surface area contributed by atoms with Gasteiger partial charge < -0.3 is 10.2 Å². The van der Waals surface area contributed by atoms with Crippen molar-refractivity contribution in [1.29, 1.82) is 0 Å². The molecule has 1 heterocycles. The van der Waals surface area contributed by atoms with Crippen LogP contribution >= 0.6 is 35.6 Å². The molecule has 0 radical (unpaired) electrons. The van der Waals surface area contributed by atoms with E-state index >= 15 is 0 Å². The van der Waals surface area contributed by atoms with Crippen LogP contribution in [0, 0.1) is 0 Å². The van der Waals surface area contributed by atoms with E-state index in [1.54, 1.807) is 25.1 Å². The Hall–Kier alpha value is -1.59. The second-order valence-electron chi connectivity index (χ2n) is 7.27. The molecule has 7 heteroatoms. The lowest BCUT2D eigenvalue weighted by Crippen LogP contribution is -2.52. The number of piperidine rings is 1. The molecule has 1 fully saturated rings. The average molecular weight is 456 g/mol. The van der Waals surface area contributed by atoms with Gasteiger partial charge in [0, 0.05) is 38.5 Å². The molecule has 1 N–H and O–H groups in total. The van der Waals surface area contributed by atoms with E-state index in [-0.39, 0.29) is 29.6 Å². The molecule has 0 bridgehead atoms. The smallest absolute Gasteiger partial charge is 0.217 e. The Balaban J connectivity index is 0.00000300. The first-order chi connectivity index (χ1) is 13.4. The molecule has 156 valence electrons. The van der Waals surface area contributed by atoms with Crippen molar-refractivity contribution in [2.45, 2.75) is 31.7 Å². The Kier molecular flexibility index (Phi) is 8.53. The number of nitrogens with zero attached hydrogens (tertiary/aromatic N) is 1. The second-order valence-corrected chi connectivity index (χ2v) is 8.09. The zero-order valence-electron chi connectivity index (χ0n) is 16.3. The van der Waals surface area contributed by atoms with Gasteiger partial charge in [0.1, 0.15) is 0 Å². The number of nitrogens with one attached hydrogen (secondary N) is 1. The summed E-state index contributed by atoms with van der Waals surface area (Å²) in [7, 11) is 0. The lowest BCUT2D eigenvalue weighted by molar-refractivity contribution is -0.121. The number of likely N-dealkylation sites (tertiary alicyclic amines) is 1. The number of amides is 1. The van der Waals surface area contributed by atoms with Crippen molar-refractivity contribution in [3.8, 4) is 0 Å². The highest BCUT2D eigenvalue weighted by atomic mass is 35.5. The van der Waals surface area contributed by atoms with E-state index in [0.717, 1.165) is 31.5 Å². The van der Waals surface area contributed by atoms with Crippen molar-refractivity contribution in [2.75, 3.05) is 19.6 Å². The van der Waals surface area contributed by atoms with Gasteiger partial charge >= 0.3 is 0 Å². The summed E-state index contributed by atoms with van der Waals surface area (Å²) in [4.78, 5) is 26.5. The van der Waals surface area contributed by atoms with Crippen molar-refractivity contribution < 1.29 is 9.59 Å². The maximum Gasteiger partial charge on any atom is 0.217 e. The summed E-state index contributed by atoms with van der Waals surface area (Å²) >= 11 is 11.9. The summed E-state index contributed by atoms with van der Waals surface area (Å²) < 4.78 is 0. The molecular weight excluding hydrogens is 431 g/mol. The van der Waals surface area contributed by atoms with Crippen LogP contribution in [0.2, 0.25) is 10.0 Å². The van der Waals surface area contributed by atoms with Crippen LogP contribution in [0.25, 0.3) is 0 Å². The average Bonchev–Trinajstić information content (AvgIpc) is 2.69. The highest BCUT2D eigenvalue weighted by Crippen LogP contribution is 2.33. The van der Waals surface area contributed by atoms with E-state index < -0.39 is 0 Å². The summed E-state index contributed by atoms with van der Waals surface area (Å²) in [6.45, 7) is 3.89. The Morgan fingerprint density at radius 3 is 2.28 bits per heavy atom. The molecule has 2 aromatic rings. The number of benzene rings is 2. The third kappa shape index (κ3) is 5.95. The molecule has 3 rings (SSSR count). The van der Waals surface area contributed by atoms with E-state index in [9.17, 15) is 9.59 Å². The van der Waals surface area contributed by atoms with Gasteiger partial charge in [0.05, 0.1) is 15.6 Å². The van der Waals surface area contributed by atoms with Gasteiger partial charge in [0.2, 0.25) is 5.91 Å². The quantitative estimate of drug-likeness (QED) is 0.615. The summed E-state index contributed by atoms with van der Waals surface area (Å²) in [6, 6.07) is 15.1. The first-order valence-corrected chi connectivity index (χ1v) is 10.2. The van der Waals surface area contributed by atoms with Crippen LogP contribution in [-0.4, -0.2) is 36.2 Å². The van der Waals surface area contributed by atoms with Gasteiger partial charge in [-0.3, -0.25) is 9.59 Å². The summed E-state index contributed by atoms with van der Waals surface area (Å²) in [5, 5.41) is 4.02. The van der Waals surface area contributed by atoms with Crippen LogP contribution in [0.5, 0.6) is 0 Å².